The number of aryl methyl sites for hydroxylation is 1. The van der Waals surface area contributed by atoms with Crippen molar-refractivity contribution in [3.05, 3.63) is 63.8 Å². The molecule has 0 saturated carbocycles. The summed E-state index contributed by atoms with van der Waals surface area (Å²) in [5.74, 6) is 0.880. The van der Waals surface area contributed by atoms with Crippen molar-refractivity contribution in [2.24, 2.45) is 0 Å². The number of ether oxygens (including phenoxy) is 1. The van der Waals surface area contributed by atoms with Crippen LogP contribution in [0.4, 0.5) is 0 Å². The van der Waals surface area contributed by atoms with Gasteiger partial charge in [0.25, 0.3) is 0 Å². The van der Waals surface area contributed by atoms with Gasteiger partial charge in [0.15, 0.2) is 5.78 Å². The number of halogens is 2. The fraction of sp³-hybridized carbons (Fsp3) is 0.200. The molecule has 0 spiro atoms. The average Bonchev–Trinajstić information content (AvgIpc) is 3.05. The summed E-state index contributed by atoms with van der Waals surface area (Å²) in [6.45, 7) is 0. The summed E-state index contributed by atoms with van der Waals surface area (Å²) >= 11 is 12.3. The number of hydrogen-bond donors (Lipinski definition) is 0. The summed E-state index contributed by atoms with van der Waals surface area (Å²) in [6, 6.07) is 13.0. The highest BCUT2D eigenvalue weighted by atomic mass is 35.5. The molecule has 0 unspecified atom stereocenters. The second kappa shape index (κ2) is 6.78. The highest BCUT2D eigenvalue weighted by Gasteiger charge is 2.28. The minimum absolute atomic E-state index is 0.118. The van der Waals surface area contributed by atoms with E-state index in [-0.39, 0.29) is 5.78 Å². The predicted molar refractivity (Wildman–Crippen MR) is 103 cm³/mol. The number of methoxy groups -OCH3 is 1. The number of Topliss-reactive ketones (excluding diaryl/α,β-unsaturated/α-hetero) is 1. The number of rotatable bonds is 3. The molecule has 1 aliphatic rings. The number of nitrogens with zero attached hydrogens (tertiary/aromatic N) is 2. The normalized spacial score (nSPS) is 13.6. The monoisotopic (exact) mass is 386 g/mol. The maximum absolute atomic E-state index is 12.6. The summed E-state index contributed by atoms with van der Waals surface area (Å²) in [5, 5.41) is 5.66. The van der Waals surface area contributed by atoms with Crippen molar-refractivity contribution in [2.45, 2.75) is 19.3 Å². The van der Waals surface area contributed by atoms with Crippen molar-refractivity contribution in [2.75, 3.05) is 7.11 Å². The van der Waals surface area contributed by atoms with Crippen molar-refractivity contribution in [3.8, 4) is 22.7 Å². The van der Waals surface area contributed by atoms with Crippen LogP contribution in [0.5, 0.6) is 5.75 Å². The molecule has 0 N–H and O–H groups in total. The van der Waals surface area contributed by atoms with E-state index in [1.807, 2.05) is 35.0 Å². The van der Waals surface area contributed by atoms with Crippen LogP contribution in [-0.2, 0) is 6.42 Å². The van der Waals surface area contributed by atoms with Crippen LogP contribution in [0.1, 0.15) is 28.9 Å². The molecule has 0 aliphatic heterocycles. The Labute approximate surface area is 161 Å². The summed E-state index contributed by atoms with van der Waals surface area (Å²) in [4.78, 5) is 12.6. The van der Waals surface area contributed by atoms with Gasteiger partial charge >= 0.3 is 0 Å². The first-order valence-corrected chi connectivity index (χ1v) is 9.09. The lowest BCUT2D eigenvalue weighted by Crippen LogP contribution is -2.10. The van der Waals surface area contributed by atoms with Crippen molar-refractivity contribution in [3.63, 3.8) is 0 Å². The molecule has 0 amide bonds. The molecule has 0 fully saturated rings. The number of hydrogen-bond acceptors (Lipinski definition) is 3. The molecule has 1 heterocycles. The first-order chi connectivity index (χ1) is 12.6. The number of aromatic nitrogens is 2. The Hall–Kier alpha value is -2.30. The molecule has 0 radical (unpaired) electrons. The quantitative estimate of drug-likeness (QED) is 0.607. The van der Waals surface area contributed by atoms with Gasteiger partial charge < -0.3 is 4.74 Å². The Morgan fingerprint density at radius 2 is 1.81 bits per heavy atom. The van der Waals surface area contributed by atoms with Crippen LogP contribution < -0.4 is 4.74 Å². The first-order valence-electron chi connectivity index (χ1n) is 8.33. The molecule has 0 bridgehead atoms. The number of fused-ring (bicyclic) bond motifs is 1. The van der Waals surface area contributed by atoms with Crippen LogP contribution >= 0.6 is 23.2 Å². The molecule has 132 valence electrons. The third-order valence-electron chi connectivity index (χ3n) is 4.56. The summed E-state index contributed by atoms with van der Waals surface area (Å²) in [6.07, 6.45) is 2.15. The second-order valence-corrected chi connectivity index (χ2v) is 7.00. The van der Waals surface area contributed by atoms with Gasteiger partial charge in [0, 0.05) is 12.0 Å². The van der Waals surface area contributed by atoms with Crippen LogP contribution in [-0.4, -0.2) is 22.7 Å². The van der Waals surface area contributed by atoms with Gasteiger partial charge in [-0.1, -0.05) is 29.3 Å². The molecule has 3 aromatic rings. The van der Waals surface area contributed by atoms with Gasteiger partial charge in [-0.05, 0) is 49.2 Å². The van der Waals surface area contributed by atoms with E-state index in [0.717, 1.165) is 41.2 Å². The molecule has 0 saturated heterocycles. The Kier molecular flexibility index (Phi) is 4.47. The fourth-order valence-corrected chi connectivity index (χ4v) is 3.59. The Morgan fingerprint density at radius 3 is 2.50 bits per heavy atom. The van der Waals surface area contributed by atoms with Crippen LogP contribution in [0, 0.1) is 0 Å². The van der Waals surface area contributed by atoms with E-state index < -0.39 is 0 Å². The molecule has 1 aromatic heterocycles. The lowest BCUT2D eigenvalue weighted by Gasteiger charge is -2.12. The molecule has 1 aliphatic carbocycles. The number of carbonyl (C=O) groups is 1. The van der Waals surface area contributed by atoms with Gasteiger partial charge in [-0.3, -0.25) is 4.79 Å². The summed E-state index contributed by atoms with van der Waals surface area (Å²) < 4.78 is 7.04. The summed E-state index contributed by atoms with van der Waals surface area (Å²) in [7, 11) is 1.63. The van der Waals surface area contributed by atoms with Crippen molar-refractivity contribution >= 4 is 29.0 Å². The lowest BCUT2D eigenvalue weighted by atomic mass is 9.92. The largest absolute Gasteiger partial charge is 0.497 e. The van der Waals surface area contributed by atoms with Gasteiger partial charge in [0.2, 0.25) is 0 Å². The molecule has 4 nitrogen and oxygen atoms in total. The Bertz CT molecular complexity index is 994. The van der Waals surface area contributed by atoms with Gasteiger partial charge in [-0.25, -0.2) is 4.68 Å². The number of ketones is 1. The Morgan fingerprint density at radius 1 is 1.04 bits per heavy atom. The van der Waals surface area contributed by atoms with Crippen LogP contribution in [0.25, 0.3) is 16.9 Å². The molecule has 4 rings (SSSR count). The minimum Gasteiger partial charge on any atom is -0.497 e. The van der Waals surface area contributed by atoms with Gasteiger partial charge in [-0.15, -0.1) is 0 Å². The fourth-order valence-electron chi connectivity index (χ4n) is 3.29. The zero-order chi connectivity index (χ0) is 18.3. The van der Waals surface area contributed by atoms with Gasteiger partial charge in [0.05, 0.1) is 39.8 Å². The molecule has 26 heavy (non-hydrogen) atoms. The highest BCUT2D eigenvalue weighted by molar-refractivity contribution is 6.42. The molecule has 0 atom stereocenters. The van der Waals surface area contributed by atoms with E-state index in [9.17, 15) is 4.79 Å². The molecular weight excluding hydrogens is 371 g/mol. The minimum atomic E-state index is 0.118. The third kappa shape index (κ3) is 2.89. The molecule has 6 heteroatoms. The smallest absolute Gasteiger partial charge is 0.166 e. The maximum Gasteiger partial charge on any atom is 0.166 e. The zero-order valence-corrected chi connectivity index (χ0v) is 15.6. The van der Waals surface area contributed by atoms with E-state index in [0.29, 0.717) is 22.0 Å². The van der Waals surface area contributed by atoms with E-state index in [2.05, 4.69) is 0 Å². The second-order valence-electron chi connectivity index (χ2n) is 6.19. The highest BCUT2D eigenvalue weighted by Crippen LogP contribution is 2.36. The van der Waals surface area contributed by atoms with Crippen LogP contribution in [0.15, 0.2) is 42.5 Å². The topological polar surface area (TPSA) is 44.1 Å². The van der Waals surface area contributed by atoms with Crippen molar-refractivity contribution in [1.82, 2.24) is 9.78 Å². The van der Waals surface area contributed by atoms with Crippen LogP contribution in [0.2, 0.25) is 10.0 Å². The summed E-state index contributed by atoms with van der Waals surface area (Å²) in [5.41, 5.74) is 3.95. The van der Waals surface area contributed by atoms with Gasteiger partial charge in [-0.2, -0.15) is 5.10 Å². The lowest BCUT2D eigenvalue weighted by molar-refractivity contribution is 0.0973. The third-order valence-corrected chi connectivity index (χ3v) is 5.30. The van der Waals surface area contributed by atoms with E-state index in [1.54, 1.807) is 19.2 Å². The van der Waals surface area contributed by atoms with Crippen molar-refractivity contribution < 1.29 is 9.53 Å². The van der Waals surface area contributed by atoms with Crippen LogP contribution in [0.3, 0.4) is 0 Å². The Balaban J connectivity index is 1.96. The maximum atomic E-state index is 12.6. The SMILES string of the molecule is COc1ccc(-n2nc3c(c2-c2ccc(Cl)c(Cl)c2)C(=O)CCC3)cc1. The standard InChI is InChI=1S/C20H16Cl2N2O2/c1-26-14-8-6-13(7-9-14)24-20(12-5-10-15(21)16(22)11-12)19-17(23-24)3-2-4-18(19)25/h5-11H,2-4H2,1H3. The van der Waals surface area contributed by atoms with Crippen molar-refractivity contribution in [1.29, 1.82) is 0 Å². The van der Waals surface area contributed by atoms with E-state index >= 15 is 0 Å². The first kappa shape index (κ1) is 17.1. The molecule has 2 aromatic carbocycles. The van der Waals surface area contributed by atoms with Gasteiger partial charge in [0.1, 0.15) is 5.75 Å². The zero-order valence-electron chi connectivity index (χ0n) is 14.1. The predicted octanol–water partition coefficient (Wildman–Crippen LogP) is 5.37. The van der Waals surface area contributed by atoms with E-state index in [4.69, 9.17) is 33.0 Å². The molecular formula is C20H16Cl2N2O2. The van der Waals surface area contributed by atoms with E-state index in [1.165, 1.54) is 0 Å². The average molecular weight is 387 g/mol. The number of carbonyl (C=O) groups excluding carboxylic acids is 1. The number of benzene rings is 2.